The van der Waals surface area contributed by atoms with Crippen LogP contribution in [0.2, 0.25) is 0 Å². The van der Waals surface area contributed by atoms with Gasteiger partial charge in [-0.1, -0.05) is 30.3 Å². The van der Waals surface area contributed by atoms with Gasteiger partial charge in [0.2, 0.25) is 0 Å². The summed E-state index contributed by atoms with van der Waals surface area (Å²) < 4.78 is 5.31. The number of ether oxygens (including phenoxy) is 1. The van der Waals surface area contributed by atoms with E-state index < -0.39 is 6.09 Å². The molecule has 6 nitrogen and oxygen atoms in total. The molecule has 2 aromatic rings. The summed E-state index contributed by atoms with van der Waals surface area (Å²) in [6, 6.07) is 9.79. The summed E-state index contributed by atoms with van der Waals surface area (Å²) in [7, 11) is 1.28. The van der Waals surface area contributed by atoms with Gasteiger partial charge in [0.05, 0.1) is 12.8 Å². The quantitative estimate of drug-likeness (QED) is 0.485. The maximum absolute atomic E-state index is 11.0. The topological polar surface area (TPSA) is 79.4 Å². The molecule has 1 aromatic carbocycles. The van der Waals surface area contributed by atoms with Gasteiger partial charge >= 0.3 is 6.09 Å². The Hall–Kier alpha value is -1.90. The molecule has 0 aliphatic heterocycles. The van der Waals surface area contributed by atoms with Gasteiger partial charge < -0.3 is 9.72 Å². The number of methoxy groups -OCH3 is 1. The highest BCUT2D eigenvalue weighted by molar-refractivity contribution is 14.1. The lowest BCUT2D eigenvalue weighted by Crippen LogP contribution is -2.19. The molecule has 0 saturated carbocycles. The van der Waals surface area contributed by atoms with Gasteiger partial charge in [-0.25, -0.2) is 15.2 Å². The first-order chi connectivity index (χ1) is 9.61. The molecule has 1 heterocycles. The van der Waals surface area contributed by atoms with E-state index in [1.54, 1.807) is 6.92 Å². The van der Waals surface area contributed by atoms with E-state index in [1.165, 1.54) is 7.11 Å². The number of carbonyl (C=O) groups excluding carboxylic acids is 1. The zero-order valence-corrected chi connectivity index (χ0v) is 13.1. The van der Waals surface area contributed by atoms with Crippen LogP contribution in [0.5, 0.6) is 0 Å². The van der Waals surface area contributed by atoms with E-state index >= 15 is 0 Å². The van der Waals surface area contributed by atoms with Gasteiger partial charge in [0.15, 0.2) is 0 Å². The SMILES string of the molecule is COC(=O)NN=C(C)c1nc(-c2ccccc2)[nH]c1I. The molecule has 0 unspecified atom stereocenters. The molecule has 20 heavy (non-hydrogen) atoms. The highest BCUT2D eigenvalue weighted by Gasteiger charge is 2.12. The summed E-state index contributed by atoms with van der Waals surface area (Å²) in [5, 5.41) is 3.94. The van der Waals surface area contributed by atoms with Crippen LogP contribution in [0.15, 0.2) is 35.4 Å². The number of carbonyl (C=O) groups is 1. The second kappa shape index (κ2) is 6.51. The summed E-state index contributed by atoms with van der Waals surface area (Å²) in [5.74, 6) is 0.762. The fourth-order valence-electron chi connectivity index (χ4n) is 1.55. The molecule has 0 fully saturated rings. The van der Waals surface area contributed by atoms with Crippen LogP contribution in [0.4, 0.5) is 4.79 Å². The monoisotopic (exact) mass is 384 g/mol. The minimum Gasteiger partial charge on any atom is -0.452 e. The number of halogens is 1. The number of imidazole rings is 1. The van der Waals surface area contributed by atoms with Gasteiger partial charge in [-0.3, -0.25) is 0 Å². The average molecular weight is 384 g/mol. The first-order valence-electron chi connectivity index (χ1n) is 5.81. The number of hydrogen-bond acceptors (Lipinski definition) is 4. The Morgan fingerprint density at radius 3 is 2.75 bits per heavy atom. The first kappa shape index (κ1) is 14.5. The largest absolute Gasteiger partial charge is 0.452 e. The number of rotatable bonds is 3. The highest BCUT2D eigenvalue weighted by atomic mass is 127. The van der Waals surface area contributed by atoms with Crippen molar-refractivity contribution in [2.75, 3.05) is 7.11 Å². The maximum atomic E-state index is 11.0. The summed E-state index contributed by atoms with van der Waals surface area (Å²) in [6.45, 7) is 1.77. The predicted molar refractivity (Wildman–Crippen MR) is 84.5 cm³/mol. The molecule has 0 aliphatic rings. The molecule has 104 valence electrons. The standard InChI is InChI=1S/C13H13IN4O2/c1-8(17-18-13(19)20-2)10-11(14)16-12(15-10)9-6-4-3-5-7-9/h3-7H,1-2H3,(H,15,16)(H,18,19). The van der Waals surface area contributed by atoms with Crippen molar-refractivity contribution in [3.63, 3.8) is 0 Å². The molecule has 0 spiro atoms. The van der Waals surface area contributed by atoms with Crippen molar-refractivity contribution in [2.45, 2.75) is 6.92 Å². The highest BCUT2D eigenvalue weighted by Crippen LogP contribution is 2.19. The summed E-state index contributed by atoms with van der Waals surface area (Å²) in [5.41, 5.74) is 4.56. The molecule has 0 radical (unpaired) electrons. The van der Waals surface area contributed by atoms with E-state index in [0.717, 1.165) is 15.1 Å². The smallest absolute Gasteiger partial charge is 0.427 e. The van der Waals surface area contributed by atoms with Crippen LogP contribution < -0.4 is 5.43 Å². The number of aromatic amines is 1. The van der Waals surface area contributed by atoms with Crippen LogP contribution in [-0.2, 0) is 4.74 Å². The molecule has 1 aromatic heterocycles. The first-order valence-corrected chi connectivity index (χ1v) is 6.89. The van der Waals surface area contributed by atoms with E-state index in [9.17, 15) is 4.79 Å². The maximum Gasteiger partial charge on any atom is 0.427 e. The van der Waals surface area contributed by atoms with E-state index in [4.69, 9.17) is 0 Å². The van der Waals surface area contributed by atoms with Crippen molar-refractivity contribution in [1.29, 1.82) is 0 Å². The van der Waals surface area contributed by atoms with Gasteiger partial charge in [0.25, 0.3) is 0 Å². The Morgan fingerprint density at radius 1 is 1.40 bits per heavy atom. The van der Waals surface area contributed by atoms with E-state index in [0.29, 0.717) is 11.4 Å². The Morgan fingerprint density at radius 2 is 2.10 bits per heavy atom. The number of H-pyrrole nitrogens is 1. The fourth-order valence-corrected chi connectivity index (χ4v) is 2.32. The Labute approximate surface area is 129 Å². The minimum atomic E-state index is -0.613. The lowest BCUT2D eigenvalue weighted by atomic mass is 10.2. The Bertz CT molecular complexity index is 637. The molecule has 2 rings (SSSR count). The molecule has 2 N–H and O–H groups in total. The zero-order chi connectivity index (χ0) is 14.5. The van der Waals surface area contributed by atoms with Crippen LogP contribution in [-0.4, -0.2) is 28.9 Å². The normalized spacial score (nSPS) is 11.2. The summed E-state index contributed by atoms with van der Waals surface area (Å²) >= 11 is 2.15. The molecule has 0 bridgehead atoms. The van der Waals surface area contributed by atoms with E-state index in [2.05, 4.69) is 47.8 Å². The molecule has 0 saturated heterocycles. The average Bonchev–Trinajstić information content (AvgIpc) is 2.87. The van der Waals surface area contributed by atoms with Gasteiger partial charge in [0, 0.05) is 5.56 Å². The number of aromatic nitrogens is 2. The number of nitrogens with one attached hydrogen (secondary N) is 2. The van der Waals surface area contributed by atoms with Crippen molar-refractivity contribution in [3.8, 4) is 11.4 Å². The minimum absolute atomic E-state index is 0.596. The summed E-state index contributed by atoms with van der Waals surface area (Å²) in [4.78, 5) is 18.7. The van der Waals surface area contributed by atoms with Gasteiger partial charge in [-0.05, 0) is 29.5 Å². The molecule has 0 atom stereocenters. The van der Waals surface area contributed by atoms with Crippen molar-refractivity contribution in [2.24, 2.45) is 5.10 Å². The predicted octanol–water partition coefficient (Wildman–Crippen LogP) is 2.76. The fraction of sp³-hybridized carbons (Fsp3) is 0.154. The second-order valence-electron chi connectivity index (χ2n) is 3.91. The third-order valence-electron chi connectivity index (χ3n) is 2.55. The van der Waals surface area contributed by atoms with Gasteiger partial charge in [0.1, 0.15) is 15.2 Å². The Balaban J connectivity index is 2.26. The Kier molecular flexibility index (Phi) is 4.72. The van der Waals surface area contributed by atoms with Crippen molar-refractivity contribution >= 4 is 34.4 Å². The molecule has 1 amide bonds. The van der Waals surface area contributed by atoms with Crippen molar-refractivity contribution in [3.05, 3.63) is 39.7 Å². The number of hydrogen-bond donors (Lipinski definition) is 2. The number of benzene rings is 1. The van der Waals surface area contributed by atoms with Crippen molar-refractivity contribution < 1.29 is 9.53 Å². The number of amides is 1. The van der Waals surface area contributed by atoms with Crippen molar-refractivity contribution in [1.82, 2.24) is 15.4 Å². The van der Waals surface area contributed by atoms with Crippen LogP contribution in [0.3, 0.4) is 0 Å². The lowest BCUT2D eigenvalue weighted by Gasteiger charge is -1.99. The third-order valence-corrected chi connectivity index (χ3v) is 3.33. The number of hydrazone groups is 1. The van der Waals surface area contributed by atoms with Gasteiger partial charge in [-0.15, -0.1) is 0 Å². The van der Waals surface area contributed by atoms with E-state index in [-0.39, 0.29) is 0 Å². The molecule has 7 heteroatoms. The zero-order valence-electron chi connectivity index (χ0n) is 11.0. The van der Waals surface area contributed by atoms with Crippen LogP contribution in [0.1, 0.15) is 12.6 Å². The van der Waals surface area contributed by atoms with Crippen LogP contribution in [0.25, 0.3) is 11.4 Å². The molecule has 0 aliphatic carbocycles. The van der Waals surface area contributed by atoms with Crippen LogP contribution in [0, 0.1) is 3.70 Å². The van der Waals surface area contributed by atoms with Gasteiger partial charge in [-0.2, -0.15) is 5.10 Å². The molecular formula is C13H13IN4O2. The molecular weight excluding hydrogens is 371 g/mol. The third kappa shape index (κ3) is 3.35. The van der Waals surface area contributed by atoms with E-state index in [1.807, 2.05) is 30.3 Å². The van der Waals surface area contributed by atoms with Crippen LogP contribution >= 0.6 is 22.6 Å². The second-order valence-corrected chi connectivity index (χ2v) is 4.99. The summed E-state index contributed by atoms with van der Waals surface area (Å²) in [6.07, 6.45) is -0.613. The number of nitrogens with zero attached hydrogens (tertiary/aromatic N) is 2. The lowest BCUT2D eigenvalue weighted by molar-refractivity contribution is 0.171.